The summed E-state index contributed by atoms with van der Waals surface area (Å²) in [5, 5.41) is 5.58. The minimum atomic E-state index is -1.04. The van der Waals surface area contributed by atoms with Gasteiger partial charge in [-0.1, -0.05) is 42.5 Å². The number of rotatable bonds is 8. The van der Waals surface area contributed by atoms with Gasteiger partial charge in [0.15, 0.2) is 6.61 Å². The maximum atomic E-state index is 13.2. The van der Waals surface area contributed by atoms with Gasteiger partial charge in [0, 0.05) is 0 Å². The molecule has 1 heterocycles. The van der Waals surface area contributed by atoms with Crippen LogP contribution < -0.4 is 25.0 Å². The highest BCUT2D eigenvalue weighted by Crippen LogP contribution is 2.33. The van der Waals surface area contributed by atoms with E-state index in [1.54, 1.807) is 72.8 Å². The van der Waals surface area contributed by atoms with Gasteiger partial charge in [0.05, 0.1) is 30.1 Å². The summed E-state index contributed by atoms with van der Waals surface area (Å²) in [7, 11) is 0. The molecular formula is C26H25N3O5. The van der Waals surface area contributed by atoms with Crippen LogP contribution in [0.4, 0.5) is 17.1 Å². The molecule has 1 aliphatic rings. The van der Waals surface area contributed by atoms with E-state index in [1.807, 2.05) is 13.0 Å². The van der Waals surface area contributed by atoms with E-state index in [-0.39, 0.29) is 13.0 Å². The Morgan fingerprint density at radius 2 is 1.65 bits per heavy atom. The Morgan fingerprint density at radius 3 is 2.44 bits per heavy atom. The first kappa shape index (κ1) is 22.8. The largest absolute Gasteiger partial charge is 0.492 e. The zero-order valence-corrected chi connectivity index (χ0v) is 18.7. The van der Waals surface area contributed by atoms with E-state index in [1.165, 1.54) is 4.90 Å². The second-order valence-corrected chi connectivity index (χ2v) is 7.57. The fraction of sp³-hybridized carbons (Fsp3) is 0.192. The molecule has 8 heteroatoms. The Labute approximate surface area is 197 Å². The first-order chi connectivity index (χ1) is 16.6. The van der Waals surface area contributed by atoms with Crippen LogP contribution in [0.5, 0.6) is 11.5 Å². The van der Waals surface area contributed by atoms with Crippen LogP contribution >= 0.6 is 0 Å². The molecule has 0 unspecified atom stereocenters. The van der Waals surface area contributed by atoms with Gasteiger partial charge in [-0.25, -0.2) is 0 Å². The molecule has 3 aromatic rings. The molecule has 0 saturated heterocycles. The molecule has 3 amide bonds. The van der Waals surface area contributed by atoms with Gasteiger partial charge in [0.1, 0.15) is 17.5 Å². The SMILES string of the molecule is CCOc1ccccc1NC(=O)C[C@H]1C(=O)Nc2ccccc2N1C(=O)COc1ccccc1. The summed E-state index contributed by atoms with van der Waals surface area (Å²) in [6, 6.07) is 21.9. The molecular weight excluding hydrogens is 434 g/mol. The van der Waals surface area contributed by atoms with Crippen LogP contribution in [0.15, 0.2) is 78.9 Å². The molecule has 0 radical (unpaired) electrons. The Balaban J connectivity index is 1.55. The fourth-order valence-corrected chi connectivity index (χ4v) is 3.74. The first-order valence-corrected chi connectivity index (χ1v) is 11.0. The van der Waals surface area contributed by atoms with Crippen LogP contribution in [0.2, 0.25) is 0 Å². The third-order valence-corrected chi connectivity index (χ3v) is 5.25. The molecule has 1 aliphatic heterocycles. The van der Waals surface area contributed by atoms with Gasteiger partial charge in [0.2, 0.25) is 11.8 Å². The van der Waals surface area contributed by atoms with Gasteiger partial charge in [-0.05, 0) is 43.3 Å². The van der Waals surface area contributed by atoms with E-state index in [0.717, 1.165) is 0 Å². The fourth-order valence-electron chi connectivity index (χ4n) is 3.74. The topological polar surface area (TPSA) is 97.0 Å². The molecule has 34 heavy (non-hydrogen) atoms. The lowest BCUT2D eigenvalue weighted by Crippen LogP contribution is -2.53. The number of carbonyl (C=O) groups excluding carboxylic acids is 3. The predicted molar refractivity (Wildman–Crippen MR) is 129 cm³/mol. The van der Waals surface area contributed by atoms with Crippen molar-refractivity contribution in [2.75, 3.05) is 28.7 Å². The molecule has 8 nitrogen and oxygen atoms in total. The predicted octanol–water partition coefficient (Wildman–Crippen LogP) is 3.85. The molecule has 4 rings (SSSR count). The average Bonchev–Trinajstić information content (AvgIpc) is 2.85. The summed E-state index contributed by atoms with van der Waals surface area (Å²) >= 11 is 0. The van der Waals surface area contributed by atoms with Crippen LogP contribution in [0.3, 0.4) is 0 Å². The molecule has 0 saturated carbocycles. The lowest BCUT2D eigenvalue weighted by molar-refractivity contribution is -0.127. The number of hydrogen-bond donors (Lipinski definition) is 2. The van der Waals surface area contributed by atoms with Gasteiger partial charge in [-0.3, -0.25) is 19.3 Å². The monoisotopic (exact) mass is 459 g/mol. The summed E-state index contributed by atoms with van der Waals surface area (Å²) in [6.07, 6.45) is -0.238. The van der Waals surface area contributed by atoms with Crippen molar-refractivity contribution in [3.63, 3.8) is 0 Å². The zero-order valence-electron chi connectivity index (χ0n) is 18.7. The lowest BCUT2D eigenvalue weighted by Gasteiger charge is -2.36. The standard InChI is InChI=1S/C26H25N3O5/c1-2-33-23-15-9-7-13-20(23)27-24(30)16-22-26(32)28-19-12-6-8-14-21(19)29(22)25(31)17-34-18-10-4-3-5-11-18/h3-15,22H,2,16-17H2,1H3,(H,27,30)(H,28,32)/t22-/m0/s1. The number of nitrogens with zero attached hydrogens (tertiary/aromatic N) is 1. The Morgan fingerprint density at radius 1 is 0.941 bits per heavy atom. The van der Waals surface area contributed by atoms with Crippen LogP contribution in [-0.2, 0) is 14.4 Å². The number of fused-ring (bicyclic) bond motifs is 1. The van der Waals surface area contributed by atoms with Gasteiger partial charge in [-0.2, -0.15) is 0 Å². The number of ether oxygens (including phenoxy) is 2. The van der Waals surface area contributed by atoms with Crippen molar-refractivity contribution in [3.05, 3.63) is 78.9 Å². The van der Waals surface area contributed by atoms with E-state index in [4.69, 9.17) is 9.47 Å². The average molecular weight is 460 g/mol. The van der Waals surface area contributed by atoms with Gasteiger partial charge in [-0.15, -0.1) is 0 Å². The van der Waals surface area contributed by atoms with E-state index in [2.05, 4.69) is 10.6 Å². The number of benzene rings is 3. The second-order valence-electron chi connectivity index (χ2n) is 7.57. The molecule has 2 N–H and O–H groups in total. The number of para-hydroxylation sites is 5. The van der Waals surface area contributed by atoms with Crippen molar-refractivity contribution >= 4 is 34.8 Å². The first-order valence-electron chi connectivity index (χ1n) is 11.0. The molecule has 0 fully saturated rings. The van der Waals surface area contributed by atoms with Gasteiger partial charge in [0.25, 0.3) is 5.91 Å². The number of amides is 3. The van der Waals surface area contributed by atoms with E-state index in [9.17, 15) is 14.4 Å². The summed E-state index contributed by atoms with van der Waals surface area (Å²) in [5.41, 5.74) is 1.51. The summed E-state index contributed by atoms with van der Waals surface area (Å²) in [5.74, 6) is -0.236. The van der Waals surface area contributed by atoms with Crippen molar-refractivity contribution in [1.29, 1.82) is 0 Å². The third kappa shape index (κ3) is 5.17. The minimum absolute atomic E-state index is 0.238. The molecule has 3 aromatic carbocycles. The molecule has 174 valence electrons. The smallest absolute Gasteiger partial charge is 0.265 e. The van der Waals surface area contributed by atoms with Gasteiger partial charge >= 0.3 is 0 Å². The van der Waals surface area contributed by atoms with Crippen molar-refractivity contribution in [1.82, 2.24) is 0 Å². The lowest BCUT2D eigenvalue weighted by atomic mass is 10.0. The number of hydrogen-bond acceptors (Lipinski definition) is 5. The molecule has 0 spiro atoms. The zero-order chi connectivity index (χ0) is 23.9. The minimum Gasteiger partial charge on any atom is -0.492 e. The van der Waals surface area contributed by atoms with Crippen LogP contribution in [0.25, 0.3) is 0 Å². The summed E-state index contributed by atoms with van der Waals surface area (Å²) in [4.78, 5) is 40.5. The Hall–Kier alpha value is -4.33. The van der Waals surface area contributed by atoms with Crippen molar-refractivity contribution in [2.24, 2.45) is 0 Å². The second kappa shape index (κ2) is 10.5. The maximum Gasteiger partial charge on any atom is 0.265 e. The van der Waals surface area contributed by atoms with E-state index < -0.39 is 23.8 Å². The van der Waals surface area contributed by atoms with Crippen molar-refractivity contribution < 1.29 is 23.9 Å². The molecule has 0 aromatic heterocycles. The Bertz CT molecular complexity index is 1180. The van der Waals surface area contributed by atoms with E-state index >= 15 is 0 Å². The summed E-state index contributed by atoms with van der Waals surface area (Å²) in [6.45, 7) is 2.01. The number of nitrogens with one attached hydrogen (secondary N) is 2. The Kier molecular flexibility index (Phi) is 7.07. The van der Waals surface area contributed by atoms with Crippen molar-refractivity contribution in [2.45, 2.75) is 19.4 Å². The highest BCUT2D eigenvalue weighted by atomic mass is 16.5. The normalized spacial score (nSPS) is 14.6. The van der Waals surface area contributed by atoms with Crippen LogP contribution in [0, 0.1) is 0 Å². The summed E-state index contributed by atoms with van der Waals surface area (Å²) < 4.78 is 11.2. The quantitative estimate of drug-likeness (QED) is 0.533. The highest BCUT2D eigenvalue weighted by molar-refractivity contribution is 6.14. The molecule has 0 aliphatic carbocycles. The van der Waals surface area contributed by atoms with Crippen LogP contribution in [-0.4, -0.2) is 37.0 Å². The van der Waals surface area contributed by atoms with Crippen molar-refractivity contribution in [3.8, 4) is 11.5 Å². The molecule has 1 atom stereocenters. The maximum absolute atomic E-state index is 13.2. The number of carbonyl (C=O) groups is 3. The number of anilines is 3. The highest BCUT2D eigenvalue weighted by Gasteiger charge is 2.38. The van der Waals surface area contributed by atoms with Gasteiger partial charge < -0.3 is 20.1 Å². The van der Waals surface area contributed by atoms with Crippen LogP contribution in [0.1, 0.15) is 13.3 Å². The molecule has 0 bridgehead atoms. The van der Waals surface area contributed by atoms with E-state index in [0.29, 0.717) is 35.2 Å². The third-order valence-electron chi connectivity index (χ3n) is 5.25.